The lowest BCUT2D eigenvalue weighted by molar-refractivity contribution is -0.192. The van der Waals surface area contributed by atoms with E-state index in [4.69, 9.17) is 15.2 Å². The van der Waals surface area contributed by atoms with E-state index < -0.39 is 12.1 Å². The van der Waals surface area contributed by atoms with Crippen LogP contribution < -0.4 is 5.32 Å². The topological polar surface area (TPSA) is 73.1 Å². The number of nitriles is 1. The number of nitrogens with one attached hydrogen (secondary N) is 1. The maximum atomic E-state index is 10.6. The van der Waals surface area contributed by atoms with Crippen molar-refractivity contribution >= 4 is 5.97 Å². The van der Waals surface area contributed by atoms with Gasteiger partial charge in [-0.1, -0.05) is 0 Å². The van der Waals surface area contributed by atoms with Gasteiger partial charge in [0.05, 0.1) is 12.1 Å². The predicted molar refractivity (Wildman–Crippen MR) is 40.3 cm³/mol. The molecule has 0 saturated carbocycles. The molecule has 0 amide bonds. The summed E-state index contributed by atoms with van der Waals surface area (Å²) in [5.41, 5.74) is 0. The van der Waals surface area contributed by atoms with Gasteiger partial charge in [0.15, 0.2) is 0 Å². The van der Waals surface area contributed by atoms with Crippen molar-refractivity contribution < 1.29 is 23.1 Å². The number of carboxylic acids is 1. The highest BCUT2D eigenvalue weighted by atomic mass is 19.4. The van der Waals surface area contributed by atoms with Gasteiger partial charge in [0, 0.05) is 0 Å². The molecule has 0 aromatic heterocycles. The monoisotopic (exact) mass is 210 g/mol. The second-order valence-corrected chi connectivity index (χ2v) is 2.58. The van der Waals surface area contributed by atoms with Gasteiger partial charge in [-0.05, 0) is 19.4 Å². The summed E-state index contributed by atoms with van der Waals surface area (Å²) >= 11 is 0. The van der Waals surface area contributed by atoms with Crippen LogP contribution in [0.5, 0.6) is 0 Å². The quantitative estimate of drug-likeness (QED) is 0.622. The van der Waals surface area contributed by atoms with Crippen LogP contribution in [0.3, 0.4) is 0 Å². The SMILES string of the molecule is N#CC1CCCN1.O=C(O)C(F)(F)F. The number of hydrogen-bond donors (Lipinski definition) is 2. The Labute approximate surface area is 78.3 Å². The van der Waals surface area contributed by atoms with E-state index in [0.717, 1.165) is 19.4 Å². The van der Waals surface area contributed by atoms with Gasteiger partial charge in [0.1, 0.15) is 0 Å². The standard InChI is InChI=1S/C5H8N2.C2HF3O2/c6-4-5-2-1-3-7-5;3-2(4,5)1(6)7/h5,7H,1-3H2;(H,6,7). The minimum atomic E-state index is -5.08. The molecule has 80 valence electrons. The smallest absolute Gasteiger partial charge is 0.475 e. The van der Waals surface area contributed by atoms with E-state index in [1.54, 1.807) is 0 Å². The highest BCUT2D eigenvalue weighted by Crippen LogP contribution is 2.13. The predicted octanol–water partition coefficient (Wildman–Crippen LogP) is 0.895. The molecule has 7 heteroatoms. The van der Waals surface area contributed by atoms with Gasteiger partial charge in [-0.25, -0.2) is 4.79 Å². The summed E-state index contributed by atoms with van der Waals surface area (Å²) in [5, 5.41) is 18.4. The molecule has 1 fully saturated rings. The first-order valence-corrected chi connectivity index (χ1v) is 3.81. The molecule has 0 radical (unpaired) electrons. The molecule has 1 aliphatic rings. The molecule has 2 N–H and O–H groups in total. The third kappa shape index (κ3) is 5.37. The molecule has 1 heterocycles. The van der Waals surface area contributed by atoms with Gasteiger partial charge in [0.25, 0.3) is 0 Å². The lowest BCUT2D eigenvalue weighted by atomic mass is 10.2. The van der Waals surface area contributed by atoms with Crippen molar-refractivity contribution in [1.29, 1.82) is 5.26 Å². The molecule has 1 unspecified atom stereocenters. The average molecular weight is 210 g/mol. The van der Waals surface area contributed by atoms with Gasteiger partial charge in [0.2, 0.25) is 0 Å². The fourth-order valence-electron chi connectivity index (χ4n) is 0.795. The summed E-state index contributed by atoms with van der Waals surface area (Å²) in [6.45, 7) is 1.03. The summed E-state index contributed by atoms with van der Waals surface area (Å²) < 4.78 is 31.7. The van der Waals surface area contributed by atoms with Crippen LogP contribution in [0.15, 0.2) is 0 Å². The largest absolute Gasteiger partial charge is 0.490 e. The summed E-state index contributed by atoms with van der Waals surface area (Å²) in [6, 6.07) is 2.31. The number of nitrogens with zero attached hydrogens (tertiary/aromatic N) is 1. The first-order chi connectivity index (χ1) is 6.38. The zero-order chi connectivity index (χ0) is 11.2. The third-order valence-corrected chi connectivity index (χ3v) is 1.46. The molecule has 1 atom stereocenters. The molecule has 1 aliphatic heterocycles. The van der Waals surface area contributed by atoms with Crippen LogP contribution in [0.1, 0.15) is 12.8 Å². The van der Waals surface area contributed by atoms with E-state index in [2.05, 4.69) is 11.4 Å². The lowest BCUT2D eigenvalue weighted by Gasteiger charge is -1.93. The molecule has 1 rings (SSSR count). The molecule has 4 nitrogen and oxygen atoms in total. The minimum absolute atomic E-state index is 0.153. The van der Waals surface area contributed by atoms with E-state index in [0.29, 0.717) is 0 Å². The van der Waals surface area contributed by atoms with Crippen LogP contribution >= 0.6 is 0 Å². The molecule has 0 aromatic carbocycles. The van der Waals surface area contributed by atoms with Crippen LogP contribution in [0, 0.1) is 11.3 Å². The molecule has 0 spiro atoms. The van der Waals surface area contributed by atoms with Crippen molar-refractivity contribution in [2.75, 3.05) is 6.54 Å². The van der Waals surface area contributed by atoms with Crippen LogP contribution in [0.4, 0.5) is 13.2 Å². The minimum Gasteiger partial charge on any atom is -0.475 e. The Bertz CT molecular complexity index is 228. The molecule has 0 bridgehead atoms. The van der Waals surface area contributed by atoms with Crippen LogP contribution in [-0.4, -0.2) is 29.8 Å². The molecule has 0 aromatic rings. The number of hydrogen-bond acceptors (Lipinski definition) is 3. The number of aliphatic carboxylic acids is 1. The lowest BCUT2D eigenvalue weighted by Crippen LogP contribution is -2.21. The van der Waals surface area contributed by atoms with Crippen molar-refractivity contribution in [3.8, 4) is 6.07 Å². The first kappa shape index (κ1) is 12.7. The fraction of sp³-hybridized carbons (Fsp3) is 0.714. The van der Waals surface area contributed by atoms with Gasteiger partial charge in [-0.2, -0.15) is 18.4 Å². The van der Waals surface area contributed by atoms with E-state index in [9.17, 15) is 13.2 Å². The van der Waals surface area contributed by atoms with Crippen molar-refractivity contribution in [1.82, 2.24) is 5.32 Å². The van der Waals surface area contributed by atoms with E-state index in [-0.39, 0.29) is 6.04 Å². The van der Waals surface area contributed by atoms with Gasteiger partial charge >= 0.3 is 12.1 Å². The fourth-order valence-corrected chi connectivity index (χ4v) is 0.795. The molecule has 0 aliphatic carbocycles. The number of carboxylic acid groups (broad SMARTS) is 1. The Morgan fingerprint density at radius 2 is 2.07 bits per heavy atom. The van der Waals surface area contributed by atoms with Crippen molar-refractivity contribution in [3.05, 3.63) is 0 Å². The van der Waals surface area contributed by atoms with Crippen molar-refractivity contribution in [2.24, 2.45) is 0 Å². The van der Waals surface area contributed by atoms with E-state index >= 15 is 0 Å². The average Bonchev–Trinajstić information content (AvgIpc) is 2.54. The Morgan fingerprint density at radius 3 is 2.21 bits per heavy atom. The Morgan fingerprint density at radius 1 is 1.57 bits per heavy atom. The Kier molecular flexibility index (Phi) is 4.94. The third-order valence-electron chi connectivity index (χ3n) is 1.46. The zero-order valence-electron chi connectivity index (χ0n) is 7.14. The highest BCUT2D eigenvalue weighted by molar-refractivity contribution is 5.73. The highest BCUT2D eigenvalue weighted by Gasteiger charge is 2.38. The second-order valence-electron chi connectivity index (χ2n) is 2.58. The van der Waals surface area contributed by atoms with Gasteiger partial charge < -0.3 is 10.4 Å². The van der Waals surface area contributed by atoms with Gasteiger partial charge in [-0.3, -0.25) is 0 Å². The summed E-state index contributed by atoms with van der Waals surface area (Å²) in [7, 11) is 0. The van der Waals surface area contributed by atoms with E-state index in [1.165, 1.54) is 0 Å². The Hall–Kier alpha value is -1.29. The first-order valence-electron chi connectivity index (χ1n) is 3.81. The van der Waals surface area contributed by atoms with Gasteiger partial charge in [-0.15, -0.1) is 0 Å². The summed E-state index contributed by atoms with van der Waals surface area (Å²) in [6.07, 6.45) is -2.88. The molecular weight excluding hydrogens is 201 g/mol. The summed E-state index contributed by atoms with van der Waals surface area (Å²) in [4.78, 5) is 8.90. The number of carbonyl (C=O) groups is 1. The maximum absolute atomic E-state index is 10.6. The second kappa shape index (κ2) is 5.44. The van der Waals surface area contributed by atoms with E-state index in [1.807, 2.05) is 0 Å². The Balaban J connectivity index is 0.000000241. The number of halogens is 3. The van der Waals surface area contributed by atoms with Crippen LogP contribution in [-0.2, 0) is 4.79 Å². The maximum Gasteiger partial charge on any atom is 0.490 e. The number of alkyl halides is 3. The normalized spacial score (nSPS) is 20.6. The molecular formula is C7H9F3N2O2. The summed E-state index contributed by atoms with van der Waals surface area (Å²) in [5.74, 6) is -2.76. The molecule has 1 saturated heterocycles. The van der Waals surface area contributed by atoms with Crippen molar-refractivity contribution in [2.45, 2.75) is 25.1 Å². The number of rotatable bonds is 0. The van der Waals surface area contributed by atoms with Crippen LogP contribution in [0.25, 0.3) is 0 Å². The zero-order valence-corrected chi connectivity index (χ0v) is 7.14. The van der Waals surface area contributed by atoms with Crippen LogP contribution in [0.2, 0.25) is 0 Å². The molecule has 14 heavy (non-hydrogen) atoms. The van der Waals surface area contributed by atoms with Crippen molar-refractivity contribution in [3.63, 3.8) is 0 Å².